The topological polar surface area (TPSA) is 84.7 Å². The molecule has 0 unspecified atom stereocenters. The first kappa shape index (κ1) is 13.8. The van der Waals surface area contributed by atoms with E-state index in [9.17, 15) is 0 Å². The van der Waals surface area contributed by atoms with Crippen molar-refractivity contribution in [2.24, 2.45) is 5.73 Å². The monoisotopic (exact) mass is 220 g/mol. The fourth-order valence-corrected chi connectivity index (χ4v) is 0.731. The third-order valence-corrected chi connectivity index (χ3v) is 1.65. The lowest BCUT2D eigenvalue weighted by Gasteiger charge is -1.76. The zero-order valence-electron chi connectivity index (χ0n) is 9.42. The van der Waals surface area contributed by atoms with Gasteiger partial charge in [-0.25, -0.2) is 0 Å². The van der Waals surface area contributed by atoms with Crippen LogP contribution in [0.5, 0.6) is 0 Å². The van der Waals surface area contributed by atoms with Crippen LogP contribution in [0.1, 0.15) is 11.3 Å². The fourth-order valence-electron chi connectivity index (χ4n) is 0.731. The molecule has 0 fully saturated rings. The van der Waals surface area contributed by atoms with Crippen molar-refractivity contribution in [3.63, 3.8) is 0 Å². The van der Waals surface area contributed by atoms with Gasteiger partial charge in [-0.15, -0.1) is 0 Å². The van der Waals surface area contributed by atoms with E-state index in [1.807, 2.05) is 38.2 Å². The molecule has 5 heteroatoms. The number of hydrogen-bond acceptors (Lipinski definition) is 3. The van der Waals surface area contributed by atoms with Crippen molar-refractivity contribution in [3.8, 4) is 0 Å². The molecule has 0 saturated carbocycles. The summed E-state index contributed by atoms with van der Waals surface area (Å²) in [6.07, 6.45) is 5.63. The molecule has 0 bridgehead atoms. The third-order valence-electron chi connectivity index (χ3n) is 1.65. The van der Waals surface area contributed by atoms with Crippen LogP contribution in [0.2, 0.25) is 0 Å². The molecule has 2 aromatic heterocycles. The Morgan fingerprint density at radius 1 is 1.25 bits per heavy atom. The van der Waals surface area contributed by atoms with Crippen molar-refractivity contribution < 1.29 is 4.79 Å². The smallest absolute Gasteiger partial charge is 0.204 e. The summed E-state index contributed by atoms with van der Waals surface area (Å²) in [5, 5.41) is 6.64. The first-order valence-electron chi connectivity index (χ1n) is 4.69. The molecule has 3 N–H and O–H groups in total. The molecule has 0 saturated heterocycles. The molecule has 86 valence electrons. The van der Waals surface area contributed by atoms with Crippen LogP contribution in [0.25, 0.3) is 0 Å². The van der Waals surface area contributed by atoms with E-state index in [4.69, 9.17) is 4.79 Å². The number of rotatable bonds is 0. The number of aryl methyl sites for hydroxylation is 2. The molecule has 0 atom stereocenters. The highest BCUT2D eigenvalue weighted by atomic mass is 16.1. The largest absolute Gasteiger partial charge is 0.372 e. The van der Waals surface area contributed by atoms with Crippen LogP contribution < -0.4 is 5.73 Å². The molecular weight excluding hydrogens is 204 g/mol. The lowest BCUT2D eigenvalue weighted by atomic mass is 10.3. The number of nitrogens with zero attached hydrogens (tertiary/aromatic N) is 2. The Labute approximate surface area is 94.7 Å². The first-order valence-corrected chi connectivity index (χ1v) is 4.69. The Morgan fingerprint density at radius 2 is 1.81 bits per heavy atom. The highest BCUT2D eigenvalue weighted by Crippen LogP contribution is 1.96. The van der Waals surface area contributed by atoms with Crippen LogP contribution in [0, 0.1) is 13.8 Å². The van der Waals surface area contributed by atoms with Crippen molar-refractivity contribution in [3.05, 3.63) is 48.0 Å². The lowest BCUT2D eigenvalue weighted by molar-refractivity contribution is -0.106. The molecule has 2 aromatic rings. The maximum atomic E-state index is 8.58. The first-order chi connectivity index (χ1) is 7.72. The quantitative estimate of drug-likeness (QED) is 0.654. The Kier molecular flexibility index (Phi) is 8.11. The average molecular weight is 220 g/mol. The van der Waals surface area contributed by atoms with E-state index in [1.165, 1.54) is 5.56 Å². The van der Waals surface area contributed by atoms with Gasteiger partial charge in [-0.1, -0.05) is 6.07 Å². The number of pyridine rings is 1. The number of nitrogens with one attached hydrogen (secondary N) is 1. The highest BCUT2D eigenvalue weighted by Gasteiger charge is 1.87. The van der Waals surface area contributed by atoms with Crippen LogP contribution in [0.4, 0.5) is 0 Å². The molecule has 1 amide bonds. The van der Waals surface area contributed by atoms with E-state index in [0.717, 1.165) is 5.69 Å². The number of carbonyl (C=O) groups is 1. The molecule has 0 spiro atoms. The third kappa shape index (κ3) is 7.25. The van der Waals surface area contributed by atoms with Gasteiger partial charge in [-0.05, 0) is 31.5 Å². The maximum absolute atomic E-state index is 8.58. The van der Waals surface area contributed by atoms with Gasteiger partial charge in [0.25, 0.3) is 0 Å². The van der Waals surface area contributed by atoms with E-state index < -0.39 is 0 Å². The van der Waals surface area contributed by atoms with E-state index in [0.29, 0.717) is 0 Å². The van der Waals surface area contributed by atoms with Crippen molar-refractivity contribution in [2.75, 3.05) is 0 Å². The summed E-state index contributed by atoms with van der Waals surface area (Å²) in [4.78, 5) is 12.4. The molecular formula is C11H16N4O. The average Bonchev–Trinajstić information content (AvgIpc) is 2.68. The van der Waals surface area contributed by atoms with Crippen molar-refractivity contribution in [1.29, 1.82) is 0 Å². The van der Waals surface area contributed by atoms with Gasteiger partial charge in [-0.2, -0.15) is 5.10 Å². The zero-order valence-corrected chi connectivity index (χ0v) is 9.42. The van der Waals surface area contributed by atoms with E-state index in [2.05, 4.69) is 20.9 Å². The summed E-state index contributed by atoms with van der Waals surface area (Å²) in [6.45, 7) is 4.00. The number of H-pyrrole nitrogens is 1. The Bertz CT molecular complexity index is 329. The summed E-state index contributed by atoms with van der Waals surface area (Å²) in [6, 6.07) is 5.72. The highest BCUT2D eigenvalue weighted by molar-refractivity contribution is 5.42. The summed E-state index contributed by atoms with van der Waals surface area (Å²) < 4.78 is 0. The summed E-state index contributed by atoms with van der Waals surface area (Å²) in [5.41, 5.74) is 6.47. The molecule has 2 rings (SSSR count). The van der Waals surface area contributed by atoms with Gasteiger partial charge in [-0.3, -0.25) is 14.9 Å². The van der Waals surface area contributed by atoms with E-state index in [1.54, 1.807) is 12.4 Å². The van der Waals surface area contributed by atoms with Crippen LogP contribution >= 0.6 is 0 Å². The normalized spacial score (nSPS) is 7.88. The van der Waals surface area contributed by atoms with Gasteiger partial charge in [0.15, 0.2) is 0 Å². The van der Waals surface area contributed by atoms with Crippen LogP contribution in [0.3, 0.4) is 0 Å². The number of aromatic nitrogens is 3. The minimum absolute atomic E-state index is 0.250. The number of hydrogen-bond donors (Lipinski definition) is 2. The minimum atomic E-state index is 0.250. The number of amides is 1. The Hall–Kier alpha value is -2.17. The second kappa shape index (κ2) is 9.39. The zero-order chi connectivity index (χ0) is 12.2. The van der Waals surface area contributed by atoms with Crippen molar-refractivity contribution in [2.45, 2.75) is 13.8 Å². The number of carbonyl (C=O) groups excluding carboxylic acids is 1. The number of primary amides is 1. The second-order valence-corrected chi connectivity index (χ2v) is 2.81. The van der Waals surface area contributed by atoms with Crippen molar-refractivity contribution >= 4 is 6.41 Å². The SMILES string of the molecule is Cc1c[nH]nc1C.NC=O.c1ccncc1. The minimum Gasteiger partial charge on any atom is -0.372 e. The number of aromatic amines is 1. The molecule has 0 aliphatic carbocycles. The summed E-state index contributed by atoms with van der Waals surface area (Å²) in [5.74, 6) is 0. The summed E-state index contributed by atoms with van der Waals surface area (Å²) in [7, 11) is 0. The van der Waals surface area contributed by atoms with E-state index in [-0.39, 0.29) is 6.41 Å². The second-order valence-electron chi connectivity index (χ2n) is 2.81. The van der Waals surface area contributed by atoms with Gasteiger partial charge >= 0.3 is 0 Å². The number of nitrogens with two attached hydrogens (primary N) is 1. The van der Waals surface area contributed by atoms with Gasteiger partial charge in [0.1, 0.15) is 0 Å². The molecule has 0 radical (unpaired) electrons. The van der Waals surface area contributed by atoms with Crippen LogP contribution in [-0.2, 0) is 4.79 Å². The Morgan fingerprint density at radius 3 is 1.94 bits per heavy atom. The fraction of sp³-hybridized carbons (Fsp3) is 0.182. The predicted octanol–water partition coefficient (Wildman–Crippen LogP) is 1.21. The van der Waals surface area contributed by atoms with Crippen LogP contribution in [-0.4, -0.2) is 21.6 Å². The lowest BCUT2D eigenvalue weighted by Crippen LogP contribution is -1.82. The van der Waals surface area contributed by atoms with Gasteiger partial charge in [0.05, 0.1) is 5.69 Å². The van der Waals surface area contributed by atoms with Gasteiger partial charge in [0.2, 0.25) is 6.41 Å². The van der Waals surface area contributed by atoms with Gasteiger partial charge < -0.3 is 5.73 Å². The predicted molar refractivity (Wildman–Crippen MR) is 62.6 cm³/mol. The maximum Gasteiger partial charge on any atom is 0.204 e. The molecule has 0 aliphatic heterocycles. The van der Waals surface area contributed by atoms with Crippen LogP contribution in [0.15, 0.2) is 36.8 Å². The Balaban J connectivity index is 0.000000230. The van der Waals surface area contributed by atoms with Crippen molar-refractivity contribution in [1.82, 2.24) is 15.2 Å². The molecule has 0 aromatic carbocycles. The molecule has 0 aliphatic rings. The molecule has 5 nitrogen and oxygen atoms in total. The standard InChI is InChI=1S/C5H8N2.C5H5N.CH3NO/c1-4-3-6-7-5(4)2;1-2-4-6-5-3-1;2-1-3/h3H,1-2H3,(H,6,7);1-5H;1H,(H2,2,3). The summed E-state index contributed by atoms with van der Waals surface area (Å²) >= 11 is 0. The molecule has 2 heterocycles. The molecule has 16 heavy (non-hydrogen) atoms. The van der Waals surface area contributed by atoms with E-state index >= 15 is 0 Å². The van der Waals surface area contributed by atoms with Gasteiger partial charge in [0, 0.05) is 18.6 Å².